The second-order valence-electron chi connectivity index (χ2n) is 7.13. The van der Waals surface area contributed by atoms with Crippen molar-refractivity contribution in [2.45, 2.75) is 58.7 Å². The van der Waals surface area contributed by atoms with Gasteiger partial charge in [0.05, 0.1) is 6.42 Å². The first-order valence-electron chi connectivity index (χ1n) is 9.94. The zero-order valence-electron chi connectivity index (χ0n) is 17.1. The van der Waals surface area contributed by atoms with E-state index in [4.69, 9.17) is 23.2 Å². The monoisotopic (exact) mass is 434 g/mol. The maximum Gasteiger partial charge on any atom is 0.243 e. The first kappa shape index (κ1) is 23.2. The van der Waals surface area contributed by atoms with Crippen LogP contribution in [0.4, 0.5) is 0 Å². The Balaban J connectivity index is 2.32. The van der Waals surface area contributed by atoms with E-state index in [0.717, 1.165) is 12.0 Å². The zero-order chi connectivity index (χ0) is 21.4. The van der Waals surface area contributed by atoms with Gasteiger partial charge < -0.3 is 10.2 Å². The van der Waals surface area contributed by atoms with E-state index in [9.17, 15) is 9.59 Å². The summed E-state index contributed by atoms with van der Waals surface area (Å²) in [6.07, 6.45) is 1.37. The van der Waals surface area contributed by atoms with Gasteiger partial charge >= 0.3 is 0 Å². The van der Waals surface area contributed by atoms with Crippen LogP contribution in [0.1, 0.15) is 44.7 Å². The molecular weight excluding hydrogens is 407 g/mol. The molecule has 0 radical (unpaired) electrons. The highest BCUT2D eigenvalue weighted by atomic mass is 35.5. The number of carbonyl (C=O) groups is 2. The van der Waals surface area contributed by atoms with Gasteiger partial charge in [0.2, 0.25) is 11.8 Å². The molecule has 29 heavy (non-hydrogen) atoms. The van der Waals surface area contributed by atoms with Crippen molar-refractivity contribution < 1.29 is 9.59 Å². The molecule has 0 spiro atoms. The summed E-state index contributed by atoms with van der Waals surface area (Å²) in [7, 11) is 0. The van der Waals surface area contributed by atoms with Crippen LogP contribution in [0, 0.1) is 0 Å². The van der Waals surface area contributed by atoms with E-state index in [1.54, 1.807) is 23.1 Å². The predicted octanol–water partition coefficient (Wildman–Crippen LogP) is 5.26. The summed E-state index contributed by atoms with van der Waals surface area (Å²) in [5.41, 5.74) is 1.54. The Labute approximate surface area is 183 Å². The lowest BCUT2D eigenvalue weighted by molar-refractivity contribution is -0.141. The minimum absolute atomic E-state index is 0.0401. The van der Waals surface area contributed by atoms with E-state index in [1.807, 2.05) is 51.1 Å². The van der Waals surface area contributed by atoms with Gasteiger partial charge in [0.15, 0.2) is 0 Å². The number of benzene rings is 2. The van der Waals surface area contributed by atoms with Gasteiger partial charge in [-0.05, 0) is 43.0 Å². The second-order valence-corrected chi connectivity index (χ2v) is 7.94. The van der Waals surface area contributed by atoms with E-state index in [1.165, 1.54) is 0 Å². The van der Waals surface area contributed by atoms with Crippen molar-refractivity contribution in [1.82, 2.24) is 10.2 Å². The Hall–Kier alpha value is -2.04. The summed E-state index contributed by atoms with van der Waals surface area (Å²) in [5.74, 6) is -0.327. The van der Waals surface area contributed by atoms with Crippen molar-refractivity contribution in [3.8, 4) is 0 Å². The van der Waals surface area contributed by atoms with Gasteiger partial charge in [0.1, 0.15) is 6.04 Å². The largest absolute Gasteiger partial charge is 0.352 e. The Kier molecular flexibility index (Phi) is 8.99. The number of hydrogen-bond acceptors (Lipinski definition) is 2. The number of hydrogen-bond donors (Lipinski definition) is 1. The van der Waals surface area contributed by atoms with Crippen molar-refractivity contribution in [3.63, 3.8) is 0 Å². The van der Waals surface area contributed by atoms with Crippen LogP contribution in [-0.4, -0.2) is 28.8 Å². The van der Waals surface area contributed by atoms with E-state index in [2.05, 4.69) is 5.32 Å². The minimum Gasteiger partial charge on any atom is -0.352 e. The molecule has 0 unspecified atom stereocenters. The highest BCUT2D eigenvalue weighted by Crippen LogP contribution is 2.26. The number of rotatable bonds is 9. The van der Waals surface area contributed by atoms with Crippen LogP contribution in [0.5, 0.6) is 0 Å². The van der Waals surface area contributed by atoms with Gasteiger partial charge in [-0.25, -0.2) is 0 Å². The fourth-order valence-electron chi connectivity index (χ4n) is 3.09. The van der Waals surface area contributed by atoms with Crippen LogP contribution in [0.3, 0.4) is 0 Å². The molecule has 2 aromatic carbocycles. The van der Waals surface area contributed by atoms with Crippen LogP contribution in [0.25, 0.3) is 0 Å². The van der Waals surface area contributed by atoms with E-state index < -0.39 is 6.04 Å². The minimum atomic E-state index is -0.571. The number of carbonyl (C=O) groups excluding carboxylic acids is 2. The zero-order valence-corrected chi connectivity index (χ0v) is 18.6. The Bertz CT molecular complexity index is 807. The fraction of sp³-hybridized carbons (Fsp3) is 0.391. The lowest BCUT2D eigenvalue weighted by Gasteiger charge is -2.31. The number of amides is 2. The average Bonchev–Trinajstić information content (AvgIpc) is 2.71. The molecule has 0 heterocycles. The highest BCUT2D eigenvalue weighted by molar-refractivity contribution is 6.36. The standard InChI is InChI=1S/C23H28Cl2N2O2/c1-4-16(3)26-23(29)21(5-2)27(15-17-10-7-6-8-11-17)22(28)14-18-19(24)12-9-13-20(18)25/h6-13,16,21H,4-5,14-15H2,1-3H3,(H,26,29)/t16-,21-/m1/s1. The molecule has 0 aliphatic carbocycles. The molecule has 2 amide bonds. The smallest absolute Gasteiger partial charge is 0.243 e. The SMILES string of the molecule is CC[C@@H](C)NC(=O)[C@@H](CC)N(Cc1ccccc1)C(=O)Cc1c(Cl)cccc1Cl. The van der Waals surface area contributed by atoms with Gasteiger partial charge in [-0.2, -0.15) is 0 Å². The third-order valence-corrected chi connectivity index (χ3v) is 5.68. The van der Waals surface area contributed by atoms with Gasteiger partial charge in [0.25, 0.3) is 0 Å². The van der Waals surface area contributed by atoms with Crippen molar-refractivity contribution in [3.05, 3.63) is 69.7 Å². The third-order valence-electron chi connectivity index (χ3n) is 4.97. The molecule has 0 saturated heterocycles. The van der Waals surface area contributed by atoms with Gasteiger partial charge in [-0.3, -0.25) is 9.59 Å². The molecule has 2 atom stereocenters. The summed E-state index contributed by atoms with van der Waals surface area (Å²) >= 11 is 12.5. The molecule has 2 aromatic rings. The molecule has 0 aromatic heterocycles. The normalized spacial score (nSPS) is 12.9. The molecule has 0 saturated carbocycles. The van der Waals surface area contributed by atoms with Gasteiger partial charge in [-0.15, -0.1) is 0 Å². The Morgan fingerprint density at radius 3 is 2.14 bits per heavy atom. The maximum atomic E-state index is 13.3. The van der Waals surface area contributed by atoms with E-state index in [0.29, 0.717) is 28.6 Å². The third kappa shape index (κ3) is 6.48. The van der Waals surface area contributed by atoms with Gasteiger partial charge in [-0.1, -0.05) is 73.4 Å². The summed E-state index contributed by atoms with van der Waals surface area (Å²) < 4.78 is 0. The lowest BCUT2D eigenvalue weighted by Crippen LogP contribution is -2.51. The molecule has 4 nitrogen and oxygen atoms in total. The van der Waals surface area contributed by atoms with Crippen LogP contribution >= 0.6 is 23.2 Å². The maximum absolute atomic E-state index is 13.3. The number of nitrogens with one attached hydrogen (secondary N) is 1. The predicted molar refractivity (Wildman–Crippen MR) is 119 cm³/mol. The van der Waals surface area contributed by atoms with Crippen molar-refractivity contribution in [1.29, 1.82) is 0 Å². The van der Waals surface area contributed by atoms with Crippen LogP contribution in [0.2, 0.25) is 10.0 Å². The molecule has 0 aliphatic heterocycles. The van der Waals surface area contributed by atoms with Crippen LogP contribution in [-0.2, 0) is 22.6 Å². The molecule has 2 rings (SSSR count). The lowest BCUT2D eigenvalue weighted by atomic mass is 10.1. The van der Waals surface area contributed by atoms with Crippen molar-refractivity contribution >= 4 is 35.0 Å². The quantitative estimate of drug-likeness (QED) is 0.584. The topological polar surface area (TPSA) is 49.4 Å². The Morgan fingerprint density at radius 2 is 1.59 bits per heavy atom. The van der Waals surface area contributed by atoms with E-state index >= 15 is 0 Å². The first-order chi connectivity index (χ1) is 13.9. The summed E-state index contributed by atoms with van der Waals surface area (Å²) in [5, 5.41) is 3.90. The summed E-state index contributed by atoms with van der Waals surface area (Å²) in [6.45, 7) is 6.22. The molecule has 1 N–H and O–H groups in total. The number of nitrogens with zero attached hydrogens (tertiary/aromatic N) is 1. The van der Waals surface area contributed by atoms with Gasteiger partial charge in [0, 0.05) is 22.6 Å². The average molecular weight is 435 g/mol. The second kappa shape index (κ2) is 11.2. The molecule has 6 heteroatoms. The molecular formula is C23H28Cl2N2O2. The van der Waals surface area contributed by atoms with Crippen molar-refractivity contribution in [2.24, 2.45) is 0 Å². The molecule has 156 valence electrons. The molecule has 0 bridgehead atoms. The van der Waals surface area contributed by atoms with Crippen molar-refractivity contribution in [2.75, 3.05) is 0 Å². The van der Waals surface area contributed by atoms with Crippen LogP contribution in [0.15, 0.2) is 48.5 Å². The molecule has 0 aliphatic rings. The highest BCUT2D eigenvalue weighted by Gasteiger charge is 2.29. The fourth-order valence-corrected chi connectivity index (χ4v) is 3.63. The summed E-state index contributed by atoms with van der Waals surface area (Å²) in [6, 6.07) is 14.3. The Morgan fingerprint density at radius 1 is 0.966 bits per heavy atom. The van der Waals surface area contributed by atoms with Crippen LogP contribution < -0.4 is 5.32 Å². The number of halogens is 2. The molecule has 0 fully saturated rings. The van der Waals surface area contributed by atoms with E-state index in [-0.39, 0.29) is 24.3 Å². The first-order valence-corrected chi connectivity index (χ1v) is 10.7. The summed E-state index contributed by atoms with van der Waals surface area (Å²) in [4.78, 5) is 27.9.